The van der Waals surface area contributed by atoms with Gasteiger partial charge in [0.05, 0.1) is 19.4 Å². The molecule has 0 amide bonds. The van der Waals surface area contributed by atoms with Crippen molar-refractivity contribution in [3.8, 4) is 5.75 Å². The van der Waals surface area contributed by atoms with Crippen molar-refractivity contribution in [2.24, 2.45) is 0 Å². The Bertz CT molecular complexity index is 1250. The van der Waals surface area contributed by atoms with Gasteiger partial charge in [-0.2, -0.15) is 0 Å². The zero-order valence-electron chi connectivity index (χ0n) is 30.2. The van der Waals surface area contributed by atoms with Crippen LogP contribution in [0.3, 0.4) is 0 Å². The SMILES string of the molecule is CC.CCCCCC(C)(C)c1ccc(OCCOCCN(C)CCCC[P+](c2ccccc2)(c2ccccc2)c2ccccc2)cc1. The first-order chi connectivity index (χ1) is 23.0. The smallest absolute Gasteiger partial charge is 0.119 e. The summed E-state index contributed by atoms with van der Waals surface area (Å²) in [5.41, 5.74) is 1.59. The van der Waals surface area contributed by atoms with Crippen molar-refractivity contribution >= 4 is 23.2 Å². The lowest BCUT2D eigenvalue weighted by atomic mass is 9.80. The number of nitrogens with zero attached hydrogens (tertiary/aromatic N) is 1. The van der Waals surface area contributed by atoms with Crippen molar-refractivity contribution in [2.45, 2.75) is 78.6 Å². The zero-order valence-corrected chi connectivity index (χ0v) is 31.1. The lowest BCUT2D eigenvalue weighted by Crippen LogP contribution is -2.33. The molecule has 0 aliphatic carbocycles. The lowest BCUT2D eigenvalue weighted by molar-refractivity contribution is 0.0847. The molecule has 0 spiro atoms. The molecule has 0 atom stereocenters. The molecule has 0 fully saturated rings. The lowest BCUT2D eigenvalue weighted by Gasteiger charge is -2.28. The minimum Gasteiger partial charge on any atom is -0.491 e. The summed E-state index contributed by atoms with van der Waals surface area (Å²) in [6.07, 6.45) is 8.60. The van der Waals surface area contributed by atoms with Gasteiger partial charge in [-0.25, -0.2) is 0 Å². The van der Waals surface area contributed by atoms with Crippen LogP contribution in [-0.4, -0.2) is 51.0 Å². The second-order valence-corrected chi connectivity index (χ2v) is 16.5. The molecule has 0 saturated carbocycles. The Balaban J connectivity index is 0.00000294. The number of hydrogen-bond donors (Lipinski definition) is 0. The number of benzene rings is 4. The third-order valence-electron chi connectivity index (χ3n) is 9.03. The van der Waals surface area contributed by atoms with E-state index in [1.807, 2.05) is 13.8 Å². The molecule has 0 aliphatic heterocycles. The van der Waals surface area contributed by atoms with Crippen LogP contribution in [0.1, 0.15) is 78.7 Å². The van der Waals surface area contributed by atoms with Crippen molar-refractivity contribution < 1.29 is 9.47 Å². The molecule has 0 bridgehead atoms. The van der Waals surface area contributed by atoms with Gasteiger partial charge < -0.3 is 14.4 Å². The summed E-state index contributed by atoms with van der Waals surface area (Å²) in [6.45, 7) is 14.9. The highest BCUT2D eigenvalue weighted by atomic mass is 31.2. The predicted octanol–water partition coefficient (Wildman–Crippen LogP) is 9.67. The Morgan fingerprint density at radius 2 is 1.13 bits per heavy atom. The van der Waals surface area contributed by atoms with Crippen molar-refractivity contribution in [3.63, 3.8) is 0 Å². The van der Waals surface area contributed by atoms with E-state index in [9.17, 15) is 0 Å². The molecule has 0 N–H and O–H groups in total. The zero-order chi connectivity index (χ0) is 33.8. The molecule has 47 heavy (non-hydrogen) atoms. The first kappa shape index (κ1) is 38.5. The molecule has 0 aromatic heterocycles. The summed E-state index contributed by atoms with van der Waals surface area (Å²) in [5.74, 6) is 0.921. The number of ether oxygens (including phenoxy) is 2. The van der Waals surface area contributed by atoms with E-state index in [0.29, 0.717) is 13.2 Å². The molecule has 3 nitrogen and oxygen atoms in total. The Morgan fingerprint density at radius 3 is 1.64 bits per heavy atom. The molecular formula is C43H61NO2P+. The molecule has 0 unspecified atom stereocenters. The average Bonchev–Trinajstić information content (AvgIpc) is 3.12. The predicted molar refractivity (Wildman–Crippen MR) is 208 cm³/mol. The molecule has 254 valence electrons. The van der Waals surface area contributed by atoms with Crippen LogP contribution in [0.15, 0.2) is 115 Å². The Labute approximate surface area is 288 Å². The van der Waals surface area contributed by atoms with E-state index in [1.54, 1.807) is 0 Å². The van der Waals surface area contributed by atoms with E-state index in [2.05, 4.69) is 148 Å². The molecule has 0 saturated heterocycles. The van der Waals surface area contributed by atoms with Crippen LogP contribution < -0.4 is 20.7 Å². The van der Waals surface area contributed by atoms with Gasteiger partial charge in [-0.1, -0.05) is 121 Å². The fraction of sp³-hybridized carbons (Fsp3) is 0.442. The van der Waals surface area contributed by atoms with Gasteiger partial charge >= 0.3 is 0 Å². The molecule has 4 aromatic carbocycles. The summed E-state index contributed by atoms with van der Waals surface area (Å²) in [6, 6.07) is 42.3. The van der Waals surface area contributed by atoms with Gasteiger partial charge in [0.2, 0.25) is 0 Å². The highest BCUT2D eigenvalue weighted by Gasteiger charge is 2.44. The second kappa shape index (κ2) is 21.1. The number of unbranched alkanes of at least 4 members (excludes halogenated alkanes) is 3. The average molecular weight is 655 g/mol. The number of likely N-dealkylation sites (N-methyl/N-ethyl adjacent to an activating group) is 1. The van der Waals surface area contributed by atoms with Gasteiger partial charge in [-0.05, 0) is 92.4 Å². The van der Waals surface area contributed by atoms with Crippen molar-refractivity contribution in [3.05, 3.63) is 121 Å². The van der Waals surface area contributed by atoms with E-state index < -0.39 is 7.26 Å². The number of hydrogen-bond acceptors (Lipinski definition) is 3. The Kier molecular flexibility index (Phi) is 17.3. The van der Waals surface area contributed by atoms with E-state index in [4.69, 9.17) is 9.47 Å². The van der Waals surface area contributed by atoms with E-state index >= 15 is 0 Å². The highest BCUT2D eigenvalue weighted by molar-refractivity contribution is 7.95. The van der Waals surface area contributed by atoms with Crippen LogP contribution in [0.25, 0.3) is 0 Å². The largest absolute Gasteiger partial charge is 0.491 e. The van der Waals surface area contributed by atoms with Gasteiger partial charge in [0.1, 0.15) is 35.5 Å². The van der Waals surface area contributed by atoms with Crippen LogP contribution in [0.4, 0.5) is 0 Å². The first-order valence-electron chi connectivity index (χ1n) is 18.0. The van der Waals surface area contributed by atoms with Crippen LogP contribution in [0.5, 0.6) is 5.75 Å². The summed E-state index contributed by atoms with van der Waals surface area (Å²) >= 11 is 0. The maximum atomic E-state index is 5.96. The maximum absolute atomic E-state index is 5.96. The van der Waals surface area contributed by atoms with E-state index in [0.717, 1.165) is 25.4 Å². The summed E-state index contributed by atoms with van der Waals surface area (Å²) in [7, 11) is 0.460. The van der Waals surface area contributed by atoms with Crippen molar-refractivity contribution in [2.75, 3.05) is 46.1 Å². The highest BCUT2D eigenvalue weighted by Crippen LogP contribution is 2.55. The minimum absolute atomic E-state index is 0.208. The summed E-state index contributed by atoms with van der Waals surface area (Å²) in [4.78, 5) is 2.40. The van der Waals surface area contributed by atoms with Crippen LogP contribution in [0, 0.1) is 0 Å². The van der Waals surface area contributed by atoms with E-state index in [1.165, 1.54) is 66.2 Å². The van der Waals surface area contributed by atoms with Gasteiger partial charge in [0, 0.05) is 6.54 Å². The molecule has 4 heteroatoms. The van der Waals surface area contributed by atoms with E-state index in [-0.39, 0.29) is 5.41 Å². The molecule has 4 aromatic rings. The van der Waals surface area contributed by atoms with Gasteiger partial charge in [0.25, 0.3) is 0 Å². The third kappa shape index (κ3) is 11.9. The van der Waals surface area contributed by atoms with Crippen molar-refractivity contribution in [1.82, 2.24) is 4.90 Å². The fourth-order valence-electron chi connectivity index (χ4n) is 6.23. The molecule has 0 radical (unpaired) electrons. The van der Waals surface area contributed by atoms with Gasteiger partial charge in [0.15, 0.2) is 0 Å². The monoisotopic (exact) mass is 654 g/mol. The van der Waals surface area contributed by atoms with Gasteiger partial charge in [-0.3, -0.25) is 0 Å². The molecular weight excluding hydrogens is 593 g/mol. The van der Waals surface area contributed by atoms with Gasteiger partial charge in [-0.15, -0.1) is 0 Å². The molecule has 0 aliphatic rings. The minimum atomic E-state index is -1.75. The first-order valence-corrected chi connectivity index (χ1v) is 20.0. The quantitative estimate of drug-likeness (QED) is 0.0700. The molecule has 4 rings (SSSR count). The van der Waals surface area contributed by atoms with Crippen LogP contribution >= 0.6 is 7.26 Å². The normalized spacial score (nSPS) is 11.6. The third-order valence-corrected chi connectivity index (χ3v) is 13.6. The maximum Gasteiger partial charge on any atom is 0.119 e. The summed E-state index contributed by atoms with van der Waals surface area (Å²) in [5, 5.41) is 4.40. The van der Waals surface area contributed by atoms with Crippen LogP contribution in [-0.2, 0) is 10.2 Å². The standard InChI is InChI=1S/C41H55NO2P.C2H6/c1-5-6-16-29-41(2,3)36-25-27-37(28-26-36)44-34-33-43-32-31-42(4)30-17-18-35-45(38-19-10-7-11-20-38,39-21-12-8-13-22-39)40-23-14-9-15-24-40;1-2/h7-15,19-28H,5-6,16-18,29-35H2,1-4H3;1-2H3/q+1;. The summed E-state index contributed by atoms with van der Waals surface area (Å²) < 4.78 is 11.9. The topological polar surface area (TPSA) is 21.7 Å². The van der Waals surface area contributed by atoms with Crippen LogP contribution in [0.2, 0.25) is 0 Å². The second-order valence-electron chi connectivity index (χ2n) is 12.9. The Morgan fingerprint density at radius 1 is 0.596 bits per heavy atom. The fourth-order valence-corrected chi connectivity index (χ4v) is 10.6. The Hall–Kier alpha value is -2.97. The molecule has 0 heterocycles. The number of rotatable bonds is 20. The van der Waals surface area contributed by atoms with Crippen molar-refractivity contribution in [1.29, 1.82) is 0 Å².